The molecule has 3 rings (SSSR count). The molecule has 3 N–H and O–H groups in total. The first kappa shape index (κ1) is 17.8. The van der Waals surface area contributed by atoms with Gasteiger partial charge < -0.3 is 11.1 Å². The fourth-order valence-corrected chi connectivity index (χ4v) is 2.53. The molecule has 1 aromatic heterocycles. The number of aliphatic imine (C=N–C) groups is 1. The molecule has 124 valence electrons. The molecule has 1 aliphatic rings. The van der Waals surface area contributed by atoms with Gasteiger partial charge in [-0.1, -0.05) is 18.2 Å². The summed E-state index contributed by atoms with van der Waals surface area (Å²) in [6.07, 6.45) is 5.05. The van der Waals surface area contributed by atoms with Crippen molar-refractivity contribution in [3.05, 3.63) is 48.3 Å². The summed E-state index contributed by atoms with van der Waals surface area (Å²) in [6.45, 7) is 6.22. The van der Waals surface area contributed by atoms with Gasteiger partial charge in [-0.15, -0.1) is 24.0 Å². The van der Waals surface area contributed by atoms with Crippen molar-refractivity contribution in [2.24, 2.45) is 10.7 Å². The van der Waals surface area contributed by atoms with Crippen LogP contribution in [-0.2, 0) is 0 Å². The Labute approximate surface area is 154 Å². The van der Waals surface area contributed by atoms with Gasteiger partial charge in [-0.2, -0.15) is 5.10 Å². The minimum Gasteiger partial charge on any atom is -0.370 e. The zero-order valence-electron chi connectivity index (χ0n) is 13.7. The van der Waals surface area contributed by atoms with E-state index in [1.807, 2.05) is 41.2 Å². The van der Waals surface area contributed by atoms with Crippen LogP contribution in [0.15, 0.2) is 47.7 Å². The molecule has 1 aromatic carbocycles. The second kappa shape index (κ2) is 6.90. The predicted octanol–water partition coefficient (Wildman–Crippen LogP) is 3.05. The lowest BCUT2D eigenvalue weighted by molar-refractivity contribution is 0.508. The Morgan fingerprint density at radius 1 is 1.30 bits per heavy atom. The third-order valence-corrected chi connectivity index (χ3v) is 3.62. The second-order valence-corrected chi connectivity index (χ2v) is 6.85. The minimum absolute atomic E-state index is 0. The fourth-order valence-electron chi connectivity index (χ4n) is 2.53. The summed E-state index contributed by atoms with van der Waals surface area (Å²) in [5.74, 6) is 0.952. The summed E-state index contributed by atoms with van der Waals surface area (Å²) in [6, 6.07) is 10.4. The number of para-hydroxylation sites is 1. The molecule has 0 aliphatic heterocycles. The van der Waals surface area contributed by atoms with Gasteiger partial charge in [0.15, 0.2) is 5.96 Å². The Balaban J connectivity index is 0.00000192. The minimum atomic E-state index is -0.0594. The molecule has 0 spiro atoms. The molecular weight excluding hydrogens is 401 g/mol. The number of hydrogen-bond acceptors (Lipinski definition) is 2. The smallest absolute Gasteiger partial charge is 0.189 e. The summed E-state index contributed by atoms with van der Waals surface area (Å²) in [5.41, 5.74) is 8.19. The van der Waals surface area contributed by atoms with Crippen LogP contribution in [0.3, 0.4) is 0 Å². The molecule has 0 saturated heterocycles. The molecule has 1 aliphatic carbocycles. The van der Waals surface area contributed by atoms with E-state index in [0.29, 0.717) is 11.9 Å². The van der Waals surface area contributed by atoms with E-state index in [4.69, 9.17) is 5.73 Å². The average Bonchev–Trinajstić information content (AvgIpc) is 3.01. The Bertz CT molecular complexity index is 672. The molecular formula is C17H24IN5. The van der Waals surface area contributed by atoms with Crippen molar-refractivity contribution in [2.75, 3.05) is 0 Å². The van der Waals surface area contributed by atoms with Crippen LogP contribution < -0.4 is 11.1 Å². The van der Waals surface area contributed by atoms with Gasteiger partial charge in [0.2, 0.25) is 0 Å². The van der Waals surface area contributed by atoms with E-state index < -0.39 is 0 Å². The standard InChI is InChI=1S/C17H23N5.HI/c1-17(2,3)21-16(18)20-15-9-14(15)12-10-19-22(11-12)13-7-5-4-6-8-13;/h4-8,10-11,14-15H,9H2,1-3H3,(H3,18,20,21);1H/t14-,15+;/m0./s1. The number of guanidine groups is 1. The number of nitrogens with one attached hydrogen (secondary N) is 1. The molecule has 0 amide bonds. The van der Waals surface area contributed by atoms with Crippen LogP contribution in [0.25, 0.3) is 5.69 Å². The lowest BCUT2D eigenvalue weighted by atomic mass is 10.1. The van der Waals surface area contributed by atoms with Gasteiger partial charge in [0, 0.05) is 17.7 Å². The summed E-state index contributed by atoms with van der Waals surface area (Å²) >= 11 is 0. The van der Waals surface area contributed by atoms with E-state index >= 15 is 0 Å². The van der Waals surface area contributed by atoms with Crippen molar-refractivity contribution in [2.45, 2.75) is 44.7 Å². The number of hydrogen-bond donors (Lipinski definition) is 2. The highest BCUT2D eigenvalue weighted by Gasteiger charge is 2.39. The Morgan fingerprint density at radius 3 is 2.65 bits per heavy atom. The van der Waals surface area contributed by atoms with E-state index in [-0.39, 0.29) is 35.6 Å². The quantitative estimate of drug-likeness (QED) is 0.451. The third-order valence-electron chi connectivity index (χ3n) is 3.62. The molecule has 0 unspecified atom stereocenters. The zero-order chi connectivity index (χ0) is 15.7. The predicted molar refractivity (Wildman–Crippen MR) is 105 cm³/mol. The SMILES string of the molecule is CC(C)(C)NC(N)=N[C@@H]1C[C@H]1c1cnn(-c2ccccc2)c1.I. The van der Waals surface area contributed by atoms with Crippen LogP contribution in [0, 0.1) is 0 Å². The Kier molecular flexibility index (Phi) is 5.33. The number of benzene rings is 1. The highest BCUT2D eigenvalue weighted by atomic mass is 127. The van der Waals surface area contributed by atoms with E-state index in [0.717, 1.165) is 12.1 Å². The first-order chi connectivity index (χ1) is 10.4. The van der Waals surface area contributed by atoms with Crippen LogP contribution in [0.4, 0.5) is 0 Å². The van der Waals surface area contributed by atoms with E-state index in [1.54, 1.807) is 0 Å². The lowest BCUT2D eigenvalue weighted by Crippen LogP contribution is -2.45. The molecule has 5 nitrogen and oxygen atoms in total. The maximum atomic E-state index is 5.96. The number of aromatic nitrogens is 2. The van der Waals surface area contributed by atoms with Crippen LogP contribution in [-0.4, -0.2) is 27.3 Å². The molecule has 0 radical (unpaired) electrons. The van der Waals surface area contributed by atoms with Gasteiger partial charge in [-0.25, -0.2) is 9.67 Å². The lowest BCUT2D eigenvalue weighted by Gasteiger charge is -2.20. The van der Waals surface area contributed by atoms with Gasteiger partial charge >= 0.3 is 0 Å². The van der Waals surface area contributed by atoms with E-state index in [9.17, 15) is 0 Å². The summed E-state index contributed by atoms with van der Waals surface area (Å²) in [4.78, 5) is 4.56. The number of nitrogens with zero attached hydrogens (tertiary/aromatic N) is 3. The Morgan fingerprint density at radius 2 is 2.00 bits per heavy atom. The van der Waals surface area contributed by atoms with Crippen molar-refractivity contribution in [3.8, 4) is 5.69 Å². The second-order valence-electron chi connectivity index (χ2n) is 6.85. The molecule has 2 atom stereocenters. The first-order valence-corrected chi connectivity index (χ1v) is 7.64. The highest BCUT2D eigenvalue weighted by Crippen LogP contribution is 2.43. The van der Waals surface area contributed by atoms with Crippen LogP contribution in [0.5, 0.6) is 0 Å². The normalized spacial score (nSPS) is 20.7. The third kappa shape index (κ3) is 4.70. The van der Waals surface area contributed by atoms with Crippen LogP contribution in [0.1, 0.15) is 38.7 Å². The van der Waals surface area contributed by atoms with Gasteiger partial charge in [-0.3, -0.25) is 0 Å². The molecule has 0 bridgehead atoms. The van der Waals surface area contributed by atoms with Crippen molar-refractivity contribution in [3.63, 3.8) is 0 Å². The zero-order valence-corrected chi connectivity index (χ0v) is 16.1. The van der Waals surface area contributed by atoms with Crippen LogP contribution in [0.2, 0.25) is 0 Å². The maximum absolute atomic E-state index is 5.96. The van der Waals surface area contributed by atoms with E-state index in [2.05, 4.69) is 42.4 Å². The van der Waals surface area contributed by atoms with Crippen molar-refractivity contribution < 1.29 is 0 Å². The number of halogens is 1. The number of rotatable bonds is 3. The molecule has 2 aromatic rings. The fraction of sp³-hybridized carbons (Fsp3) is 0.412. The summed E-state index contributed by atoms with van der Waals surface area (Å²) in [7, 11) is 0. The van der Waals surface area contributed by atoms with Gasteiger partial charge in [0.05, 0.1) is 17.9 Å². The monoisotopic (exact) mass is 425 g/mol. The maximum Gasteiger partial charge on any atom is 0.189 e. The van der Waals surface area contributed by atoms with E-state index in [1.165, 1.54) is 5.56 Å². The van der Waals surface area contributed by atoms with Crippen molar-refractivity contribution >= 4 is 29.9 Å². The number of nitrogens with two attached hydrogens (primary N) is 1. The van der Waals surface area contributed by atoms with Crippen LogP contribution >= 0.6 is 24.0 Å². The topological polar surface area (TPSA) is 68.2 Å². The first-order valence-electron chi connectivity index (χ1n) is 7.64. The van der Waals surface area contributed by atoms with Gasteiger partial charge in [0.25, 0.3) is 0 Å². The molecule has 6 heteroatoms. The molecule has 23 heavy (non-hydrogen) atoms. The van der Waals surface area contributed by atoms with Gasteiger partial charge in [-0.05, 0) is 44.9 Å². The van der Waals surface area contributed by atoms with Crippen molar-refractivity contribution in [1.29, 1.82) is 0 Å². The molecule has 1 saturated carbocycles. The summed E-state index contributed by atoms with van der Waals surface area (Å²) in [5, 5.41) is 7.64. The largest absolute Gasteiger partial charge is 0.370 e. The Hall–Kier alpha value is -1.57. The molecule has 1 fully saturated rings. The highest BCUT2D eigenvalue weighted by molar-refractivity contribution is 14.0. The molecule has 1 heterocycles. The van der Waals surface area contributed by atoms with Crippen molar-refractivity contribution in [1.82, 2.24) is 15.1 Å². The summed E-state index contributed by atoms with van der Waals surface area (Å²) < 4.78 is 1.91. The average molecular weight is 425 g/mol. The van der Waals surface area contributed by atoms with Gasteiger partial charge in [0.1, 0.15) is 0 Å².